The second kappa shape index (κ2) is 7.15. The Bertz CT molecular complexity index is 1100. The van der Waals surface area contributed by atoms with Gasteiger partial charge in [-0.3, -0.25) is 4.79 Å². The number of primary sulfonamides is 1. The Morgan fingerprint density at radius 2 is 1.96 bits per heavy atom. The zero-order chi connectivity index (χ0) is 18.7. The van der Waals surface area contributed by atoms with Crippen molar-refractivity contribution in [2.45, 2.75) is 18.2 Å². The lowest BCUT2D eigenvalue weighted by atomic mass is 10.1. The molecule has 26 heavy (non-hydrogen) atoms. The SMILES string of the molecule is CCc1oc2ccccc2c1C=CC(=O)Nc1cccc(S(N)(=O)=O)c1. The number of hydrogen-bond acceptors (Lipinski definition) is 4. The number of amides is 1. The molecule has 7 heteroatoms. The molecule has 0 radical (unpaired) electrons. The van der Waals surface area contributed by atoms with Gasteiger partial charge >= 0.3 is 0 Å². The van der Waals surface area contributed by atoms with E-state index in [0.717, 1.165) is 22.3 Å². The lowest BCUT2D eigenvalue weighted by Crippen LogP contribution is -2.13. The largest absolute Gasteiger partial charge is 0.460 e. The Balaban J connectivity index is 1.83. The highest BCUT2D eigenvalue weighted by Crippen LogP contribution is 2.27. The first-order valence-electron chi connectivity index (χ1n) is 8.01. The van der Waals surface area contributed by atoms with Crippen LogP contribution in [0.3, 0.4) is 0 Å². The molecule has 0 atom stereocenters. The second-order valence-corrected chi connectivity index (χ2v) is 7.25. The molecule has 0 fully saturated rings. The fourth-order valence-electron chi connectivity index (χ4n) is 2.66. The number of sulfonamides is 1. The molecular weight excluding hydrogens is 352 g/mol. The second-order valence-electron chi connectivity index (χ2n) is 5.68. The summed E-state index contributed by atoms with van der Waals surface area (Å²) >= 11 is 0. The van der Waals surface area contributed by atoms with Crippen molar-refractivity contribution >= 4 is 38.7 Å². The minimum absolute atomic E-state index is 0.0617. The van der Waals surface area contributed by atoms with Crippen molar-refractivity contribution in [1.29, 1.82) is 0 Å². The van der Waals surface area contributed by atoms with Gasteiger partial charge in [-0.1, -0.05) is 31.2 Å². The number of rotatable bonds is 5. The van der Waals surface area contributed by atoms with Crippen molar-refractivity contribution in [1.82, 2.24) is 0 Å². The number of furan rings is 1. The molecule has 1 heterocycles. The number of nitrogens with two attached hydrogens (primary N) is 1. The average Bonchev–Trinajstić information content (AvgIpc) is 2.97. The van der Waals surface area contributed by atoms with Gasteiger partial charge in [-0.25, -0.2) is 13.6 Å². The van der Waals surface area contributed by atoms with E-state index in [-0.39, 0.29) is 10.8 Å². The Kier molecular flexibility index (Phi) is 4.92. The minimum Gasteiger partial charge on any atom is -0.460 e. The van der Waals surface area contributed by atoms with Crippen LogP contribution in [0, 0.1) is 0 Å². The third kappa shape index (κ3) is 3.84. The van der Waals surface area contributed by atoms with Gasteiger partial charge in [0.15, 0.2) is 0 Å². The van der Waals surface area contributed by atoms with Gasteiger partial charge in [0.25, 0.3) is 0 Å². The number of para-hydroxylation sites is 1. The smallest absolute Gasteiger partial charge is 0.248 e. The van der Waals surface area contributed by atoms with E-state index in [9.17, 15) is 13.2 Å². The van der Waals surface area contributed by atoms with Crippen LogP contribution in [-0.4, -0.2) is 14.3 Å². The van der Waals surface area contributed by atoms with Crippen molar-refractivity contribution in [2.24, 2.45) is 5.14 Å². The number of hydrogen-bond donors (Lipinski definition) is 2. The number of fused-ring (bicyclic) bond motifs is 1. The molecular formula is C19H18N2O4S. The van der Waals surface area contributed by atoms with Crippen molar-refractivity contribution < 1.29 is 17.6 Å². The number of aryl methyl sites for hydroxylation is 1. The molecule has 3 rings (SSSR count). The average molecular weight is 370 g/mol. The zero-order valence-corrected chi connectivity index (χ0v) is 14.9. The maximum Gasteiger partial charge on any atom is 0.248 e. The highest BCUT2D eigenvalue weighted by molar-refractivity contribution is 7.89. The van der Waals surface area contributed by atoms with Gasteiger partial charge in [-0.2, -0.15) is 0 Å². The summed E-state index contributed by atoms with van der Waals surface area (Å²) in [5.74, 6) is 0.412. The lowest BCUT2D eigenvalue weighted by molar-refractivity contribution is -0.111. The van der Waals surface area contributed by atoms with Crippen molar-refractivity contribution in [3.8, 4) is 0 Å². The molecule has 0 spiro atoms. The molecule has 1 aromatic heterocycles. The van der Waals surface area contributed by atoms with Crippen LogP contribution in [0.15, 0.2) is 63.9 Å². The van der Waals surface area contributed by atoms with Crippen LogP contribution >= 0.6 is 0 Å². The van der Waals surface area contributed by atoms with E-state index in [1.54, 1.807) is 12.1 Å². The molecule has 0 saturated heterocycles. The highest BCUT2D eigenvalue weighted by Gasteiger charge is 2.11. The molecule has 0 aliphatic heterocycles. The van der Waals surface area contributed by atoms with Gasteiger partial charge in [0.2, 0.25) is 15.9 Å². The normalized spacial score (nSPS) is 11.9. The summed E-state index contributed by atoms with van der Waals surface area (Å²) in [6.07, 6.45) is 3.79. The summed E-state index contributed by atoms with van der Waals surface area (Å²) in [5.41, 5.74) is 1.97. The maximum absolute atomic E-state index is 12.2. The Hall–Kier alpha value is -2.90. The molecule has 0 aliphatic carbocycles. The first-order valence-corrected chi connectivity index (χ1v) is 9.55. The highest BCUT2D eigenvalue weighted by atomic mass is 32.2. The molecule has 0 saturated carbocycles. The summed E-state index contributed by atoms with van der Waals surface area (Å²) in [6, 6.07) is 13.4. The fourth-order valence-corrected chi connectivity index (χ4v) is 3.21. The molecule has 2 aromatic carbocycles. The summed E-state index contributed by atoms with van der Waals surface area (Å²) in [4.78, 5) is 12.1. The summed E-state index contributed by atoms with van der Waals surface area (Å²) in [7, 11) is -3.82. The molecule has 0 unspecified atom stereocenters. The predicted molar refractivity (Wildman–Crippen MR) is 101 cm³/mol. The van der Waals surface area contributed by atoms with Crippen LogP contribution in [0.2, 0.25) is 0 Å². The van der Waals surface area contributed by atoms with Crippen molar-refractivity contribution in [3.05, 3.63) is 65.9 Å². The van der Waals surface area contributed by atoms with E-state index in [2.05, 4.69) is 5.32 Å². The number of carbonyl (C=O) groups excluding carboxylic acids is 1. The van der Waals surface area contributed by atoms with Crippen LogP contribution in [0.4, 0.5) is 5.69 Å². The van der Waals surface area contributed by atoms with Gasteiger partial charge in [0.05, 0.1) is 4.90 Å². The van der Waals surface area contributed by atoms with Gasteiger partial charge in [0, 0.05) is 29.1 Å². The first-order chi connectivity index (χ1) is 12.4. The molecule has 1 amide bonds. The molecule has 3 aromatic rings. The lowest BCUT2D eigenvalue weighted by Gasteiger charge is -2.04. The van der Waals surface area contributed by atoms with E-state index in [1.165, 1.54) is 24.3 Å². The Morgan fingerprint density at radius 1 is 1.19 bits per heavy atom. The van der Waals surface area contributed by atoms with E-state index < -0.39 is 10.0 Å². The monoisotopic (exact) mass is 370 g/mol. The number of nitrogens with one attached hydrogen (secondary N) is 1. The van der Waals surface area contributed by atoms with Crippen molar-refractivity contribution in [3.63, 3.8) is 0 Å². The summed E-state index contributed by atoms with van der Waals surface area (Å²) < 4.78 is 28.6. The van der Waals surface area contributed by atoms with E-state index in [4.69, 9.17) is 9.56 Å². The standard InChI is InChI=1S/C19H18N2O4S/c1-2-17-16(15-8-3-4-9-18(15)25-17)10-11-19(22)21-13-6-5-7-14(12-13)26(20,23)24/h3-12H,2H2,1H3,(H,21,22)(H2,20,23,24). The Morgan fingerprint density at radius 3 is 2.69 bits per heavy atom. The quantitative estimate of drug-likeness (QED) is 0.673. The Labute approximate surface area is 151 Å². The van der Waals surface area contributed by atoms with Crippen LogP contribution in [0.5, 0.6) is 0 Å². The van der Waals surface area contributed by atoms with Gasteiger partial charge in [0.1, 0.15) is 11.3 Å². The van der Waals surface area contributed by atoms with Gasteiger partial charge in [-0.05, 0) is 30.3 Å². The van der Waals surface area contributed by atoms with Crippen LogP contribution in [-0.2, 0) is 21.2 Å². The van der Waals surface area contributed by atoms with E-state index in [1.807, 2.05) is 31.2 Å². The summed E-state index contributed by atoms with van der Waals surface area (Å²) in [6.45, 7) is 1.98. The molecule has 134 valence electrons. The van der Waals surface area contributed by atoms with E-state index in [0.29, 0.717) is 12.1 Å². The fraction of sp³-hybridized carbons (Fsp3) is 0.105. The number of benzene rings is 2. The van der Waals surface area contributed by atoms with Crippen molar-refractivity contribution in [2.75, 3.05) is 5.32 Å². The van der Waals surface area contributed by atoms with E-state index >= 15 is 0 Å². The molecule has 0 aliphatic rings. The maximum atomic E-state index is 12.2. The third-order valence-corrected chi connectivity index (χ3v) is 4.77. The number of carbonyl (C=O) groups is 1. The van der Waals surface area contributed by atoms with Crippen LogP contribution < -0.4 is 10.5 Å². The van der Waals surface area contributed by atoms with Gasteiger partial charge < -0.3 is 9.73 Å². The van der Waals surface area contributed by atoms with Crippen LogP contribution in [0.25, 0.3) is 17.0 Å². The first kappa shape index (κ1) is 17.9. The number of anilines is 1. The molecule has 3 N–H and O–H groups in total. The summed E-state index contributed by atoms with van der Waals surface area (Å²) in [5, 5.41) is 8.66. The van der Waals surface area contributed by atoms with Crippen LogP contribution in [0.1, 0.15) is 18.2 Å². The molecule has 6 nitrogen and oxygen atoms in total. The minimum atomic E-state index is -3.82. The zero-order valence-electron chi connectivity index (χ0n) is 14.1. The molecule has 0 bridgehead atoms. The predicted octanol–water partition coefficient (Wildman–Crippen LogP) is 3.29. The topological polar surface area (TPSA) is 102 Å². The van der Waals surface area contributed by atoms with Gasteiger partial charge in [-0.15, -0.1) is 0 Å². The third-order valence-electron chi connectivity index (χ3n) is 3.86.